The molecule has 0 aliphatic rings. The average molecular weight is 315 g/mol. The minimum Gasteiger partial charge on any atom is -0.381 e. The van der Waals surface area contributed by atoms with Gasteiger partial charge in [-0.1, -0.05) is 11.6 Å². The van der Waals surface area contributed by atoms with E-state index in [-0.39, 0.29) is 0 Å². The van der Waals surface area contributed by atoms with Crippen LogP contribution in [-0.2, 0) is 16.6 Å². The molecule has 0 amide bonds. The third-order valence-corrected chi connectivity index (χ3v) is 3.59. The van der Waals surface area contributed by atoms with E-state index in [9.17, 15) is 8.42 Å². The number of anilines is 2. The van der Waals surface area contributed by atoms with Gasteiger partial charge in [-0.25, -0.2) is 8.42 Å². The Morgan fingerprint density at radius 1 is 1.40 bits per heavy atom. The fourth-order valence-corrected chi connectivity index (χ4v) is 2.52. The molecule has 0 atom stereocenters. The van der Waals surface area contributed by atoms with Crippen molar-refractivity contribution in [3.8, 4) is 0 Å². The van der Waals surface area contributed by atoms with Gasteiger partial charge in [0.25, 0.3) is 0 Å². The fourth-order valence-electron chi connectivity index (χ4n) is 1.66. The molecular weight excluding hydrogens is 300 g/mol. The quantitative estimate of drug-likeness (QED) is 0.790. The average Bonchev–Trinajstić information content (AvgIpc) is 2.74. The number of aryl methyl sites for hydroxylation is 1. The molecule has 1 aromatic heterocycles. The molecule has 0 aliphatic heterocycles. The molecule has 0 unspecified atom stereocenters. The van der Waals surface area contributed by atoms with Crippen molar-refractivity contribution in [3.05, 3.63) is 40.7 Å². The van der Waals surface area contributed by atoms with Gasteiger partial charge in [0.1, 0.15) is 0 Å². The number of H-pyrrole nitrogens is 1. The summed E-state index contributed by atoms with van der Waals surface area (Å²) >= 11 is 6.04. The van der Waals surface area contributed by atoms with E-state index in [4.69, 9.17) is 11.6 Å². The molecule has 0 spiro atoms. The van der Waals surface area contributed by atoms with E-state index in [0.717, 1.165) is 23.2 Å². The summed E-state index contributed by atoms with van der Waals surface area (Å²) in [5, 5.41) is 10.3. The molecule has 0 bridgehead atoms. The molecular formula is C12H15ClN4O2S. The van der Waals surface area contributed by atoms with Crippen LogP contribution in [0.5, 0.6) is 0 Å². The van der Waals surface area contributed by atoms with Crippen molar-refractivity contribution in [3.63, 3.8) is 0 Å². The second kappa shape index (κ2) is 5.72. The van der Waals surface area contributed by atoms with Gasteiger partial charge in [-0.05, 0) is 25.1 Å². The van der Waals surface area contributed by atoms with E-state index in [0.29, 0.717) is 17.3 Å². The summed E-state index contributed by atoms with van der Waals surface area (Å²) < 4.78 is 24.7. The monoisotopic (exact) mass is 314 g/mol. The first-order valence-corrected chi connectivity index (χ1v) is 8.12. The summed E-state index contributed by atoms with van der Waals surface area (Å²) in [6.45, 7) is 2.55. The second-order valence-corrected chi connectivity index (χ2v) is 6.60. The molecule has 2 aromatic rings. The Morgan fingerprint density at radius 2 is 2.15 bits per heavy atom. The summed E-state index contributed by atoms with van der Waals surface area (Å²) in [7, 11) is -3.33. The van der Waals surface area contributed by atoms with Crippen LogP contribution in [0, 0.1) is 6.92 Å². The first-order valence-electron chi connectivity index (χ1n) is 5.85. The highest BCUT2D eigenvalue weighted by molar-refractivity contribution is 7.92. The lowest BCUT2D eigenvalue weighted by Gasteiger charge is -2.10. The number of aromatic amines is 1. The highest BCUT2D eigenvalue weighted by Gasteiger charge is 2.07. The molecule has 0 saturated heterocycles. The Balaban J connectivity index is 2.07. The van der Waals surface area contributed by atoms with Crippen molar-refractivity contribution in [1.82, 2.24) is 10.2 Å². The van der Waals surface area contributed by atoms with Crippen LogP contribution in [0.3, 0.4) is 0 Å². The van der Waals surface area contributed by atoms with Crippen LogP contribution in [0.2, 0.25) is 5.02 Å². The molecule has 6 nitrogen and oxygen atoms in total. The van der Waals surface area contributed by atoms with Crippen LogP contribution in [0.25, 0.3) is 0 Å². The highest BCUT2D eigenvalue weighted by atomic mass is 35.5. The summed E-state index contributed by atoms with van der Waals surface area (Å²) in [6.07, 6.45) is 2.83. The number of halogens is 1. The number of benzene rings is 1. The molecule has 0 radical (unpaired) electrons. The predicted molar refractivity (Wildman–Crippen MR) is 80.6 cm³/mol. The molecule has 0 aliphatic carbocycles. The molecule has 2 rings (SSSR count). The maximum atomic E-state index is 11.2. The van der Waals surface area contributed by atoms with E-state index in [1.807, 2.05) is 6.92 Å². The smallest absolute Gasteiger partial charge is 0.229 e. The Hall–Kier alpha value is -1.73. The number of rotatable bonds is 5. The van der Waals surface area contributed by atoms with Crippen molar-refractivity contribution >= 4 is 33.0 Å². The van der Waals surface area contributed by atoms with E-state index in [2.05, 4.69) is 20.2 Å². The zero-order valence-electron chi connectivity index (χ0n) is 11.1. The van der Waals surface area contributed by atoms with Crippen LogP contribution in [0.15, 0.2) is 24.4 Å². The molecule has 108 valence electrons. The third kappa shape index (κ3) is 3.88. The van der Waals surface area contributed by atoms with Gasteiger partial charge in [0.15, 0.2) is 0 Å². The summed E-state index contributed by atoms with van der Waals surface area (Å²) in [4.78, 5) is 0. The normalized spacial score (nSPS) is 11.3. The summed E-state index contributed by atoms with van der Waals surface area (Å²) in [5.41, 5.74) is 3.22. The standard InChI is InChI=1S/C12H15ClN4O2S/c1-8-9(7-15-16-8)6-14-10-3-4-12(11(13)5-10)17-20(2,18)19/h3-5,7,14,17H,6H2,1-2H3,(H,15,16). The first-order chi connectivity index (χ1) is 9.35. The Labute approximate surface area is 122 Å². The SMILES string of the molecule is Cc1[nH]ncc1CNc1ccc(NS(C)(=O)=O)c(Cl)c1. The lowest BCUT2D eigenvalue weighted by atomic mass is 10.2. The minimum atomic E-state index is -3.33. The van der Waals surface area contributed by atoms with E-state index < -0.39 is 10.0 Å². The molecule has 3 N–H and O–H groups in total. The lowest BCUT2D eigenvalue weighted by Crippen LogP contribution is -2.10. The summed E-state index contributed by atoms with van der Waals surface area (Å²) in [6, 6.07) is 5.05. The van der Waals surface area contributed by atoms with Crippen LogP contribution < -0.4 is 10.0 Å². The van der Waals surface area contributed by atoms with Gasteiger partial charge in [0.2, 0.25) is 10.0 Å². The Morgan fingerprint density at radius 3 is 2.70 bits per heavy atom. The van der Waals surface area contributed by atoms with Crippen molar-refractivity contribution < 1.29 is 8.42 Å². The Kier molecular flexibility index (Phi) is 4.20. The molecule has 0 fully saturated rings. The number of hydrogen-bond acceptors (Lipinski definition) is 4. The van der Waals surface area contributed by atoms with Crippen LogP contribution in [0.4, 0.5) is 11.4 Å². The molecule has 0 saturated carbocycles. The topological polar surface area (TPSA) is 86.9 Å². The second-order valence-electron chi connectivity index (χ2n) is 4.44. The highest BCUT2D eigenvalue weighted by Crippen LogP contribution is 2.26. The van der Waals surface area contributed by atoms with E-state index in [1.54, 1.807) is 24.4 Å². The number of nitrogens with one attached hydrogen (secondary N) is 3. The first kappa shape index (κ1) is 14.7. The number of hydrogen-bond donors (Lipinski definition) is 3. The summed E-state index contributed by atoms with van der Waals surface area (Å²) in [5.74, 6) is 0. The van der Waals surface area contributed by atoms with E-state index in [1.165, 1.54) is 0 Å². The van der Waals surface area contributed by atoms with Gasteiger partial charge in [-0.15, -0.1) is 0 Å². The lowest BCUT2D eigenvalue weighted by molar-refractivity contribution is 0.607. The molecule has 8 heteroatoms. The predicted octanol–water partition coefficient (Wildman–Crippen LogP) is 2.36. The van der Waals surface area contributed by atoms with Gasteiger partial charge >= 0.3 is 0 Å². The minimum absolute atomic E-state index is 0.337. The van der Waals surface area contributed by atoms with Gasteiger partial charge in [-0.2, -0.15) is 5.10 Å². The third-order valence-electron chi connectivity index (χ3n) is 2.68. The van der Waals surface area contributed by atoms with Gasteiger partial charge in [0.05, 0.1) is 23.2 Å². The zero-order chi connectivity index (χ0) is 14.8. The van der Waals surface area contributed by atoms with Crippen LogP contribution in [0.1, 0.15) is 11.3 Å². The molecule has 1 heterocycles. The number of sulfonamides is 1. The molecule has 1 aromatic carbocycles. The maximum absolute atomic E-state index is 11.2. The van der Waals surface area contributed by atoms with E-state index >= 15 is 0 Å². The largest absolute Gasteiger partial charge is 0.381 e. The van der Waals surface area contributed by atoms with Crippen molar-refractivity contribution in [1.29, 1.82) is 0 Å². The van der Waals surface area contributed by atoms with Gasteiger partial charge < -0.3 is 5.32 Å². The van der Waals surface area contributed by atoms with Crippen molar-refractivity contribution in [2.45, 2.75) is 13.5 Å². The van der Waals surface area contributed by atoms with Crippen LogP contribution >= 0.6 is 11.6 Å². The number of nitrogens with zero attached hydrogens (tertiary/aromatic N) is 1. The van der Waals surface area contributed by atoms with Gasteiger partial charge in [0, 0.05) is 23.5 Å². The Bertz CT molecular complexity index is 712. The van der Waals surface area contributed by atoms with Gasteiger partial charge in [-0.3, -0.25) is 9.82 Å². The zero-order valence-corrected chi connectivity index (χ0v) is 12.6. The van der Waals surface area contributed by atoms with Crippen molar-refractivity contribution in [2.75, 3.05) is 16.3 Å². The molecule has 20 heavy (non-hydrogen) atoms. The van der Waals surface area contributed by atoms with Crippen LogP contribution in [-0.4, -0.2) is 24.9 Å². The maximum Gasteiger partial charge on any atom is 0.229 e. The van der Waals surface area contributed by atoms with Crippen molar-refractivity contribution in [2.24, 2.45) is 0 Å². The fraction of sp³-hybridized carbons (Fsp3) is 0.250. The number of aromatic nitrogens is 2.